The fourth-order valence-electron chi connectivity index (χ4n) is 3.62. The summed E-state index contributed by atoms with van der Waals surface area (Å²) < 4.78 is 5.74. The maximum absolute atomic E-state index is 5.74. The number of hydrogen-bond donors (Lipinski definition) is 2. The average molecular weight is 406 g/mol. The van der Waals surface area contributed by atoms with Gasteiger partial charge in [-0.2, -0.15) is 0 Å². The van der Waals surface area contributed by atoms with Gasteiger partial charge in [0, 0.05) is 19.1 Å². The summed E-state index contributed by atoms with van der Waals surface area (Å²) in [4.78, 5) is 11.9. The molecule has 29 heavy (non-hydrogen) atoms. The topological polar surface area (TPSA) is 65.7 Å². The number of nitrogens with one attached hydrogen (secondary N) is 2. The molecule has 2 heterocycles. The molecule has 2 N–H and O–H groups in total. The van der Waals surface area contributed by atoms with E-state index in [1.165, 1.54) is 19.3 Å². The van der Waals surface area contributed by atoms with Crippen molar-refractivity contribution in [3.63, 3.8) is 0 Å². The molecular formula is C23H43N5O. The Balaban J connectivity index is 1.76. The first-order valence-corrected chi connectivity index (χ1v) is 11.4. The van der Waals surface area contributed by atoms with Crippen molar-refractivity contribution in [2.24, 2.45) is 16.3 Å². The molecule has 0 radical (unpaired) electrons. The number of nitrogens with zero attached hydrogens (tertiary/aromatic N) is 3. The molecule has 0 aliphatic carbocycles. The second kappa shape index (κ2) is 11.0. The van der Waals surface area contributed by atoms with Gasteiger partial charge in [-0.1, -0.05) is 20.8 Å². The molecule has 1 saturated heterocycles. The van der Waals surface area contributed by atoms with Crippen molar-refractivity contribution in [3.8, 4) is 0 Å². The van der Waals surface area contributed by atoms with Crippen LogP contribution in [0, 0.1) is 25.2 Å². The van der Waals surface area contributed by atoms with Gasteiger partial charge in [-0.05, 0) is 77.8 Å². The lowest BCUT2D eigenvalue weighted by molar-refractivity contribution is 0.166. The lowest BCUT2D eigenvalue weighted by Crippen LogP contribution is -2.43. The van der Waals surface area contributed by atoms with Crippen molar-refractivity contribution in [1.29, 1.82) is 0 Å². The molecule has 0 bridgehead atoms. The number of aromatic nitrogens is 1. The molecule has 1 atom stereocenters. The molecule has 1 aromatic heterocycles. The van der Waals surface area contributed by atoms with E-state index in [1.807, 2.05) is 13.8 Å². The molecule has 6 heteroatoms. The first-order chi connectivity index (χ1) is 13.7. The van der Waals surface area contributed by atoms with Gasteiger partial charge < -0.3 is 15.1 Å². The minimum absolute atomic E-state index is 0.377. The third-order valence-corrected chi connectivity index (χ3v) is 5.70. The first-order valence-electron chi connectivity index (χ1n) is 11.4. The van der Waals surface area contributed by atoms with E-state index in [1.54, 1.807) is 0 Å². The van der Waals surface area contributed by atoms with Crippen molar-refractivity contribution in [1.82, 2.24) is 20.5 Å². The lowest BCUT2D eigenvalue weighted by Gasteiger charge is -2.30. The molecule has 1 aliphatic rings. The Labute approximate surface area is 177 Å². The van der Waals surface area contributed by atoms with Crippen molar-refractivity contribution >= 4 is 5.96 Å². The molecule has 166 valence electrons. The number of guanidine groups is 1. The van der Waals surface area contributed by atoms with Crippen molar-refractivity contribution in [2.45, 2.75) is 86.7 Å². The molecule has 1 fully saturated rings. The van der Waals surface area contributed by atoms with Crippen LogP contribution in [0.3, 0.4) is 0 Å². The number of piperidine rings is 1. The van der Waals surface area contributed by atoms with Crippen LogP contribution in [0.4, 0.5) is 0 Å². The largest absolute Gasteiger partial charge is 0.444 e. The summed E-state index contributed by atoms with van der Waals surface area (Å²) >= 11 is 0. The van der Waals surface area contributed by atoms with Gasteiger partial charge >= 0.3 is 0 Å². The Hall–Kier alpha value is -1.56. The maximum atomic E-state index is 5.74. The molecule has 0 aromatic carbocycles. The summed E-state index contributed by atoms with van der Waals surface area (Å²) in [5.41, 5.74) is 1.38. The van der Waals surface area contributed by atoms with Crippen LogP contribution >= 0.6 is 0 Å². The first kappa shape index (κ1) is 23.7. The molecule has 0 amide bonds. The van der Waals surface area contributed by atoms with Crippen LogP contribution in [0.15, 0.2) is 9.41 Å². The highest BCUT2D eigenvalue weighted by atomic mass is 16.4. The standard InChI is InChI=1S/C23H43N5O/c1-8-24-22(26-17(2)9-12-23(5,6)7)25-15-20-10-13-28(14-11-20)16-21-27-18(3)19(4)29-21/h17,20H,8-16H2,1-7H3,(H2,24,25,26). The summed E-state index contributed by atoms with van der Waals surface area (Å²) in [6, 6.07) is 0.432. The van der Waals surface area contributed by atoms with Gasteiger partial charge in [-0.3, -0.25) is 9.89 Å². The monoisotopic (exact) mass is 405 g/mol. The Morgan fingerprint density at radius 3 is 2.52 bits per heavy atom. The number of aliphatic imine (C=N–C) groups is 1. The van der Waals surface area contributed by atoms with Gasteiger partial charge in [0.15, 0.2) is 5.96 Å². The highest BCUT2D eigenvalue weighted by Gasteiger charge is 2.21. The van der Waals surface area contributed by atoms with Crippen LogP contribution < -0.4 is 10.6 Å². The second-order valence-electron chi connectivity index (χ2n) is 9.83. The van der Waals surface area contributed by atoms with Gasteiger partial charge in [-0.15, -0.1) is 0 Å². The number of aryl methyl sites for hydroxylation is 2. The van der Waals surface area contributed by atoms with Crippen LogP contribution in [0.1, 0.15) is 77.6 Å². The van der Waals surface area contributed by atoms with Gasteiger partial charge in [0.25, 0.3) is 0 Å². The zero-order valence-corrected chi connectivity index (χ0v) is 19.8. The van der Waals surface area contributed by atoms with Gasteiger partial charge in [0.2, 0.25) is 5.89 Å². The predicted molar refractivity (Wildman–Crippen MR) is 121 cm³/mol. The van der Waals surface area contributed by atoms with Crippen LogP contribution in [-0.4, -0.2) is 48.1 Å². The molecule has 1 unspecified atom stereocenters. The number of rotatable bonds is 8. The van der Waals surface area contributed by atoms with E-state index < -0.39 is 0 Å². The average Bonchev–Trinajstić information content (AvgIpc) is 2.96. The van der Waals surface area contributed by atoms with E-state index in [4.69, 9.17) is 9.41 Å². The van der Waals surface area contributed by atoms with Gasteiger partial charge in [0.1, 0.15) is 5.76 Å². The Morgan fingerprint density at radius 2 is 1.97 bits per heavy atom. The highest BCUT2D eigenvalue weighted by Crippen LogP contribution is 2.22. The molecule has 0 saturated carbocycles. The maximum Gasteiger partial charge on any atom is 0.208 e. The Morgan fingerprint density at radius 1 is 1.28 bits per heavy atom. The second-order valence-corrected chi connectivity index (χ2v) is 9.83. The fourth-order valence-corrected chi connectivity index (χ4v) is 3.62. The minimum Gasteiger partial charge on any atom is -0.444 e. The molecule has 1 aliphatic heterocycles. The van der Waals surface area contributed by atoms with E-state index in [0.29, 0.717) is 17.4 Å². The Kier molecular flexibility index (Phi) is 9.00. The fraction of sp³-hybridized carbons (Fsp3) is 0.826. The van der Waals surface area contributed by atoms with Crippen molar-refractivity contribution in [2.75, 3.05) is 26.2 Å². The lowest BCUT2D eigenvalue weighted by atomic mass is 9.89. The quantitative estimate of drug-likeness (QED) is 0.499. The molecule has 0 spiro atoms. The van der Waals surface area contributed by atoms with Crippen LogP contribution in [0.5, 0.6) is 0 Å². The van der Waals surface area contributed by atoms with E-state index >= 15 is 0 Å². The summed E-state index contributed by atoms with van der Waals surface area (Å²) in [6.45, 7) is 20.1. The van der Waals surface area contributed by atoms with Crippen LogP contribution in [0.25, 0.3) is 0 Å². The predicted octanol–water partition coefficient (Wildman–Crippen LogP) is 4.27. The van der Waals surface area contributed by atoms with E-state index in [0.717, 1.165) is 62.4 Å². The van der Waals surface area contributed by atoms with E-state index in [2.05, 4.69) is 55.1 Å². The number of hydrogen-bond acceptors (Lipinski definition) is 4. The zero-order valence-electron chi connectivity index (χ0n) is 19.8. The SMILES string of the molecule is CCNC(=NCC1CCN(Cc2nc(C)c(C)o2)CC1)NC(C)CCC(C)(C)C. The summed E-state index contributed by atoms with van der Waals surface area (Å²) in [7, 11) is 0. The van der Waals surface area contributed by atoms with Crippen molar-refractivity contribution < 1.29 is 4.42 Å². The summed E-state index contributed by atoms with van der Waals surface area (Å²) in [6.07, 6.45) is 4.73. The van der Waals surface area contributed by atoms with Crippen LogP contribution in [0.2, 0.25) is 0 Å². The zero-order chi connectivity index (χ0) is 21.4. The Bertz CT molecular complexity index is 619. The third-order valence-electron chi connectivity index (χ3n) is 5.70. The van der Waals surface area contributed by atoms with E-state index in [-0.39, 0.29) is 0 Å². The summed E-state index contributed by atoms with van der Waals surface area (Å²) in [5, 5.41) is 6.99. The molecule has 1 aromatic rings. The molecule has 6 nitrogen and oxygen atoms in total. The third kappa shape index (κ3) is 8.77. The molecule has 2 rings (SSSR count). The van der Waals surface area contributed by atoms with E-state index in [9.17, 15) is 0 Å². The normalized spacial score (nSPS) is 18.1. The van der Waals surface area contributed by atoms with Crippen LogP contribution in [-0.2, 0) is 6.54 Å². The van der Waals surface area contributed by atoms with Gasteiger partial charge in [0.05, 0.1) is 12.2 Å². The number of likely N-dealkylation sites (tertiary alicyclic amines) is 1. The number of oxazole rings is 1. The highest BCUT2D eigenvalue weighted by molar-refractivity contribution is 5.80. The van der Waals surface area contributed by atoms with Crippen molar-refractivity contribution in [3.05, 3.63) is 17.3 Å². The minimum atomic E-state index is 0.377. The molecular weight excluding hydrogens is 362 g/mol. The smallest absolute Gasteiger partial charge is 0.208 e. The summed E-state index contributed by atoms with van der Waals surface area (Å²) in [5.74, 6) is 3.39. The van der Waals surface area contributed by atoms with Gasteiger partial charge in [-0.25, -0.2) is 4.98 Å².